The largest absolute Gasteiger partial charge is 0.444 e. The van der Waals surface area contributed by atoms with Gasteiger partial charge in [-0.1, -0.05) is 31.2 Å². The number of hydrogen-bond acceptors (Lipinski definition) is 6. The highest BCUT2D eigenvalue weighted by Crippen LogP contribution is 2.30. The van der Waals surface area contributed by atoms with Crippen LogP contribution >= 0.6 is 0 Å². The van der Waals surface area contributed by atoms with E-state index in [2.05, 4.69) is 55.0 Å². The monoisotopic (exact) mass is 613 g/mol. The third-order valence-corrected chi connectivity index (χ3v) is 8.81. The van der Waals surface area contributed by atoms with E-state index in [9.17, 15) is 4.79 Å². The predicted octanol–water partition coefficient (Wildman–Crippen LogP) is 6.45. The molecule has 4 aromatic rings. The number of aromatic nitrogens is 4. The summed E-state index contributed by atoms with van der Waals surface area (Å²) < 4.78 is 22.8. The summed E-state index contributed by atoms with van der Waals surface area (Å²) in [6, 6.07) is 11.9. The Hall–Kier alpha value is -4.02. The van der Waals surface area contributed by atoms with Crippen LogP contribution in [0.5, 0.6) is 0 Å². The van der Waals surface area contributed by atoms with Crippen molar-refractivity contribution in [2.75, 3.05) is 45.8 Å². The minimum Gasteiger partial charge on any atom is -0.444 e. The minimum atomic E-state index is -0.493. The van der Waals surface area contributed by atoms with Crippen LogP contribution < -0.4 is 0 Å². The Morgan fingerprint density at radius 1 is 1.02 bits per heavy atom. The van der Waals surface area contributed by atoms with E-state index >= 15 is 4.39 Å². The predicted molar refractivity (Wildman–Crippen MR) is 176 cm³/mol. The van der Waals surface area contributed by atoms with Gasteiger partial charge in [0.1, 0.15) is 11.4 Å². The van der Waals surface area contributed by atoms with Crippen LogP contribution in [0.15, 0.2) is 48.8 Å². The molecule has 1 N–H and O–H groups in total. The van der Waals surface area contributed by atoms with Gasteiger partial charge >= 0.3 is 6.09 Å². The Morgan fingerprint density at radius 3 is 2.44 bits per heavy atom. The maximum atomic E-state index is 15.2. The number of likely N-dealkylation sites (tertiary alicyclic amines) is 1. The number of carbonyl (C=O) groups is 1. The number of hydrogen-bond donors (Lipinski definition) is 1. The number of piperazine rings is 1. The summed E-state index contributed by atoms with van der Waals surface area (Å²) in [5.41, 5.74) is 4.46. The van der Waals surface area contributed by atoms with Gasteiger partial charge in [-0.2, -0.15) is 10.2 Å². The Balaban J connectivity index is 1.09. The van der Waals surface area contributed by atoms with Crippen LogP contribution in [0.4, 0.5) is 9.18 Å². The number of aromatic amines is 1. The number of piperidine rings is 1. The van der Waals surface area contributed by atoms with Gasteiger partial charge in [0.25, 0.3) is 0 Å². The molecule has 10 heteroatoms. The molecule has 1 amide bonds. The molecule has 9 nitrogen and oxygen atoms in total. The molecule has 4 heterocycles. The average molecular weight is 614 g/mol. The summed E-state index contributed by atoms with van der Waals surface area (Å²) in [5, 5.41) is 12.9. The van der Waals surface area contributed by atoms with Crippen molar-refractivity contribution in [1.82, 2.24) is 34.7 Å². The summed E-state index contributed by atoms with van der Waals surface area (Å²) >= 11 is 0. The van der Waals surface area contributed by atoms with E-state index in [0.717, 1.165) is 79.9 Å². The summed E-state index contributed by atoms with van der Waals surface area (Å²) in [4.78, 5) is 19.0. The van der Waals surface area contributed by atoms with E-state index in [-0.39, 0.29) is 11.9 Å². The van der Waals surface area contributed by atoms with Gasteiger partial charge in [0.2, 0.25) is 0 Å². The van der Waals surface area contributed by atoms with Gasteiger partial charge in [-0.15, -0.1) is 0 Å². The van der Waals surface area contributed by atoms with Crippen molar-refractivity contribution in [3.8, 4) is 11.1 Å². The fourth-order valence-corrected chi connectivity index (χ4v) is 6.18. The highest BCUT2D eigenvalue weighted by atomic mass is 19.1. The zero-order valence-electron chi connectivity index (χ0n) is 26.8. The topological polar surface area (TPSA) is 82.5 Å². The number of halogens is 1. The highest BCUT2D eigenvalue weighted by Gasteiger charge is 2.26. The number of benzene rings is 2. The number of nitrogens with one attached hydrogen (secondary N) is 1. The summed E-state index contributed by atoms with van der Waals surface area (Å²) in [6.07, 6.45) is 9.96. The van der Waals surface area contributed by atoms with Crippen LogP contribution in [0.3, 0.4) is 0 Å². The Bertz CT molecular complexity index is 1640. The van der Waals surface area contributed by atoms with Crippen LogP contribution in [-0.4, -0.2) is 92.2 Å². The van der Waals surface area contributed by atoms with Crippen molar-refractivity contribution in [1.29, 1.82) is 0 Å². The number of rotatable bonds is 7. The number of amides is 1. The second-order valence-corrected chi connectivity index (χ2v) is 13.2. The van der Waals surface area contributed by atoms with Crippen molar-refractivity contribution < 1.29 is 13.9 Å². The summed E-state index contributed by atoms with van der Waals surface area (Å²) in [6.45, 7) is 14.8. The van der Waals surface area contributed by atoms with Crippen LogP contribution in [0.25, 0.3) is 34.2 Å². The lowest BCUT2D eigenvalue weighted by Gasteiger charge is -2.35. The third kappa shape index (κ3) is 7.45. The SMILES string of the molecule is CCN1CCC(n2cc(/C=C/c3n[nH]c4cc(F)c(-c5ccc(CN6CCN(C(=O)OC(C)(C)C)CC6)cc5)cc34)cn2)CC1. The van der Waals surface area contributed by atoms with Crippen LogP contribution in [-0.2, 0) is 11.3 Å². The molecule has 0 radical (unpaired) electrons. The number of fused-ring (bicyclic) bond motifs is 1. The minimum absolute atomic E-state index is 0.253. The van der Waals surface area contributed by atoms with E-state index in [0.29, 0.717) is 30.2 Å². The molecule has 2 aromatic heterocycles. The first-order chi connectivity index (χ1) is 21.6. The molecular formula is C35H44FN7O2. The maximum absolute atomic E-state index is 15.2. The lowest BCUT2D eigenvalue weighted by molar-refractivity contribution is 0.0139. The smallest absolute Gasteiger partial charge is 0.410 e. The zero-order chi connectivity index (χ0) is 31.6. The molecular weight excluding hydrogens is 569 g/mol. The van der Waals surface area contributed by atoms with Gasteiger partial charge in [-0.05, 0) is 69.5 Å². The summed E-state index contributed by atoms with van der Waals surface area (Å²) in [7, 11) is 0. The van der Waals surface area contributed by atoms with E-state index in [1.807, 2.05) is 57.3 Å². The van der Waals surface area contributed by atoms with E-state index < -0.39 is 5.60 Å². The Labute approximate surface area is 264 Å². The van der Waals surface area contributed by atoms with Crippen LogP contribution in [0, 0.1) is 5.82 Å². The quantitative estimate of drug-likeness (QED) is 0.258. The van der Waals surface area contributed by atoms with Crippen molar-refractivity contribution in [3.05, 3.63) is 71.4 Å². The molecule has 238 valence electrons. The van der Waals surface area contributed by atoms with Crippen molar-refractivity contribution in [3.63, 3.8) is 0 Å². The third-order valence-electron chi connectivity index (χ3n) is 8.81. The first kappa shape index (κ1) is 31.0. The first-order valence-electron chi connectivity index (χ1n) is 16.1. The zero-order valence-corrected chi connectivity index (χ0v) is 26.8. The molecule has 0 saturated carbocycles. The van der Waals surface area contributed by atoms with E-state index in [1.54, 1.807) is 4.90 Å². The van der Waals surface area contributed by atoms with Crippen LogP contribution in [0.1, 0.15) is 63.4 Å². The fourth-order valence-electron chi connectivity index (χ4n) is 6.18. The fraction of sp³-hybridized carbons (Fsp3) is 0.457. The summed E-state index contributed by atoms with van der Waals surface area (Å²) in [5.74, 6) is -0.289. The lowest BCUT2D eigenvalue weighted by atomic mass is 10.0. The van der Waals surface area contributed by atoms with Gasteiger partial charge in [0.05, 0.1) is 23.4 Å². The van der Waals surface area contributed by atoms with Gasteiger partial charge in [0.15, 0.2) is 0 Å². The molecule has 2 saturated heterocycles. The molecule has 45 heavy (non-hydrogen) atoms. The van der Waals surface area contributed by atoms with Gasteiger partial charge < -0.3 is 14.5 Å². The Morgan fingerprint density at radius 2 is 1.76 bits per heavy atom. The van der Waals surface area contributed by atoms with Crippen molar-refractivity contribution in [2.45, 2.75) is 58.7 Å². The standard InChI is InChI=1S/C35H44FN7O2/c1-5-40-14-12-28(13-15-40)43-24-26(22-37-43)8-11-32-30-20-29(31(36)21-33(30)39-38-32)27-9-6-25(7-10-27)23-41-16-18-42(19-17-41)34(44)45-35(2,3)4/h6-11,20-22,24,28H,5,12-19,23H2,1-4H3,(H,38,39)/b11-8+. The second-order valence-electron chi connectivity index (χ2n) is 13.2. The molecule has 2 fully saturated rings. The molecule has 2 aliphatic rings. The molecule has 2 aromatic carbocycles. The average Bonchev–Trinajstić information content (AvgIpc) is 3.66. The number of carbonyl (C=O) groups excluding carboxylic acids is 1. The first-order valence-corrected chi connectivity index (χ1v) is 16.1. The maximum Gasteiger partial charge on any atom is 0.410 e. The molecule has 0 bridgehead atoms. The number of H-pyrrole nitrogens is 1. The van der Waals surface area contributed by atoms with Crippen LogP contribution in [0.2, 0.25) is 0 Å². The van der Waals surface area contributed by atoms with E-state index in [1.165, 1.54) is 6.07 Å². The van der Waals surface area contributed by atoms with Gasteiger partial charge in [-0.25, -0.2) is 9.18 Å². The molecule has 0 unspecified atom stereocenters. The highest BCUT2D eigenvalue weighted by molar-refractivity contribution is 5.92. The van der Waals surface area contributed by atoms with Gasteiger partial charge in [0, 0.05) is 74.6 Å². The second kappa shape index (κ2) is 13.1. The molecule has 6 rings (SSSR count). The molecule has 0 spiro atoms. The molecule has 0 atom stereocenters. The van der Waals surface area contributed by atoms with Gasteiger partial charge in [-0.3, -0.25) is 14.7 Å². The van der Waals surface area contributed by atoms with E-state index in [4.69, 9.17) is 4.74 Å². The van der Waals surface area contributed by atoms with Crippen molar-refractivity contribution >= 4 is 29.1 Å². The lowest BCUT2D eigenvalue weighted by Crippen LogP contribution is -2.49. The number of nitrogens with zero attached hydrogens (tertiary/aromatic N) is 6. The number of ether oxygens (including phenoxy) is 1. The Kier molecular flexibility index (Phi) is 9.05. The van der Waals surface area contributed by atoms with Crippen molar-refractivity contribution in [2.24, 2.45) is 0 Å². The molecule has 2 aliphatic heterocycles. The molecule has 0 aliphatic carbocycles. The normalized spacial score (nSPS) is 17.5.